The van der Waals surface area contributed by atoms with E-state index in [-0.39, 0.29) is 5.76 Å². The van der Waals surface area contributed by atoms with Crippen LogP contribution in [0.4, 0.5) is 5.69 Å². The summed E-state index contributed by atoms with van der Waals surface area (Å²) in [6, 6.07) is 5.91. The lowest BCUT2D eigenvalue weighted by Crippen LogP contribution is -2.34. The highest BCUT2D eigenvalue weighted by molar-refractivity contribution is 5.83. The van der Waals surface area contributed by atoms with Crippen molar-refractivity contribution >= 4 is 11.3 Å². The zero-order chi connectivity index (χ0) is 16.5. The molecule has 114 valence electrons. The van der Waals surface area contributed by atoms with Crippen LogP contribution in [0.3, 0.4) is 0 Å². The van der Waals surface area contributed by atoms with E-state index in [0.717, 1.165) is 11.3 Å². The van der Waals surface area contributed by atoms with E-state index in [1.807, 2.05) is 18.2 Å². The van der Waals surface area contributed by atoms with Crippen LogP contribution in [0.5, 0.6) is 5.75 Å². The number of rotatable bonds is 4. The molecule has 0 unspecified atom stereocenters. The Labute approximate surface area is 132 Å². The van der Waals surface area contributed by atoms with E-state index >= 15 is 0 Å². The van der Waals surface area contributed by atoms with Crippen molar-refractivity contribution in [2.75, 3.05) is 21.1 Å². The first-order chi connectivity index (χ1) is 10.3. The Morgan fingerprint density at radius 3 is 2.45 bits per heavy atom. The molecule has 0 bridgehead atoms. The molecule has 0 fully saturated rings. The molecule has 0 aliphatic carbocycles. The molecule has 0 amide bonds. The van der Waals surface area contributed by atoms with E-state index in [1.165, 1.54) is 0 Å². The van der Waals surface area contributed by atoms with Gasteiger partial charge in [-0.2, -0.15) is 0 Å². The minimum atomic E-state index is 0.0264. The van der Waals surface area contributed by atoms with E-state index in [9.17, 15) is 5.11 Å². The summed E-state index contributed by atoms with van der Waals surface area (Å²) < 4.78 is 6.60. The lowest BCUT2D eigenvalue weighted by atomic mass is 9.98. The fourth-order valence-electron chi connectivity index (χ4n) is 2.24. The number of aliphatic hydroxyl groups excluding tert-OH is 1. The molecule has 1 heterocycles. The summed E-state index contributed by atoms with van der Waals surface area (Å²) in [5.41, 5.74) is 3.09. The monoisotopic (exact) mass is 296 g/mol. The second-order valence-electron chi connectivity index (χ2n) is 6.01. The van der Waals surface area contributed by atoms with E-state index < -0.39 is 0 Å². The van der Waals surface area contributed by atoms with Crippen LogP contribution < -0.4 is 9.22 Å². The molecule has 1 aliphatic rings. The van der Waals surface area contributed by atoms with E-state index in [2.05, 4.69) is 40.9 Å². The Balaban J connectivity index is 2.57. The number of allylic oxidation sites excluding steroid dienone is 4. The first-order valence-electron chi connectivity index (χ1n) is 7.02. The molecule has 1 aromatic carbocycles. The van der Waals surface area contributed by atoms with Crippen LogP contribution in [-0.4, -0.2) is 26.2 Å². The normalized spacial score (nSPS) is 15.2. The van der Waals surface area contributed by atoms with Crippen LogP contribution in [-0.2, 0) is 0 Å². The van der Waals surface area contributed by atoms with E-state index in [4.69, 9.17) is 4.74 Å². The molecule has 3 nitrogen and oxygen atoms in total. The lowest BCUT2D eigenvalue weighted by molar-refractivity contribution is 0.351. The van der Waals surface area contributed by atoms with Crippen LogP contribution >= 0.6 is 0 Å². The molecule has 0 atom stereocenters. The highest BCUT2D eigenvalue weighted by Crippen LogP contribution is 2.41. The third-order valence-electron chi connectivity index (χ3n) is 3.56. The van der Waals surface area contributed by atoms with Crippen LogP contribution in [0.2, 0.25) is 0 Å². The number of ether oxygens (including phenoxy) is 1. The van der Waals surface area contributed by atoms with Gasteiger partial charge in [-0.05, 0) is 12.1 Å². The van der Waals surface area contributed by atoms with Gasteiger partial charge in [-0.15, -0.1) is 0 Å². The molecule has 0 saturated heterocycles. The molecular weight excluding hydrogens is 274 g/mol. The molecule has 22 heavy (non-hydrogen) atoms. The highest BCUT2D eigenvalue weighted by Gasteiger charge is 2.26. The maximum Gasteiger partial charge on any atom is 0.176 e. The summed E-state index contributed by atoms with van der Waals surface area (Å²) in [6.45, 7) is 11.4. The minimum absolute atomic E-state index is 0.0264. The SMILES string of the molecule is C=C/C=C(\C=C)C1=C(O)C(=C)c2ccc([N+](C)(C)C)cc2O1. The maximum atomic E-state index is 10.4. The number of aliphatic hydroxyl groups is 1. The summed E-state index contributed by atoms with van der Waals surface area (Å²) in [7, 11) is 6.25. The van der Waals surface area contributed by atoms with E-state index in [1.54, 1.807) is 18.2 Å². The Morgan fingerprint density at radius 2 is 1.91 bits per heavy atom. The smallest absolute Gasteiger partial charge is 0.176 e. The van der Waals surface area contributed by atoms with Gasteiger partial charge in [-0.1, -0.05) is 38.0 Å². The number of hydrogen-bond acceptors (Lipinski definition) is 2. The van der Waals surface area contributed by atoms with Gasteiger partial charge in [-0.25, -0.2) is 0 Å². The standard InChI is InChI=1S/C19H21NO2/c1-7-9-14(8-2)19-18(21)13(3)16-11-10-15(20(4,5)6)12-17(16)22-19/h7-12H,1-3H2,4-6H3/p+1/b14-9+. The molecule has 2 rings (SSSR count). The fourth-order valence-corrected chi connectivity index (χ4v) is 2.24. The molecule has 0 saturated carbocycles. The Bertz CT molecular complexity index is 715. The third kappa shape index (κ3) is 2.76. The van der Waals surface area contributed by atoms with Gasteiger partial charge in [0.15, 0.2) is 11.5 Å². The van der Waals surface area contributed by atoms with Crippen LogP contribution in [0.25, 0.3) is 5.57 Å². The first-order valence-corrected chi connectivity index (χ1v) is 7.02. The molecule has 0 spiro atoms. The van der Waals surface area contributed by atoms with Crippen molar-refractivity contribution < 1.29 is 9.84 Å². The Hall–Kier alpha value is -2.52. The average molecular weight is 296 g/mol. The summed E-state index contributed by atoms with van der Waals surface area (Å²) in [5.74, 6) is 1.06. The molecule has 0 aromatic heterocycles. The van der Waals surface area contributed by atoms with Gasteiger partial charge in [0.2, 0.25) is 0 Å². The van der Waals surface area contributed by atoms with Gasteiger partial charge in [0.25, 0.3) is 0 Å². The third-order valence-corrected chi connectivity index (χ3v) is 3.56. The number of hydrogen-bond donors (Lipinski definition) is 1. The zero-order valence-corrected chi connectivity index (χ0v) is 13.4. The van der Waals surface area contributed by atoms with Crippen LogP contribution in [0.15, 0.2) is 73.3 Å². The van der Waals surface area contributed by atoms with Gasteiger partial charge in [0, 0.05) is 22.8 Å². The van der Waals surface area contributed by atoms with Gasteiger partial charge in [0.05, 0.1) is 21.1 Å². The summed E-state index contributed by atoms with van der Waals surface area (Å²) in [6.07, 6.45) is 4.98. The predicted octanol–water partition coefficient (Wildman–Crippen LogP) is 4.36. The molecular formula is C19H22NO2+. The summed E-state index contributed by atoms with van der Waals surface area (Å²) in [4.78, 5) is 0. The topological polar surface area (TPSA) is 29.5 Å². The lowest BCUT2D eigenvalue weighted by Gasteiger charge is -2.27. The average Bonchev–Trinajstić information content (AvgIpc) is 2.47. The number of fused-ring (bicyclic) bond motifs is 1. The summed E-state index contributed by atoms with van der Waals surface area (Å²) in [5, 5.41) is 10.4. The second-order valence-corrected chi connectivity index (χ2v) is 6.01. The van der Waals surface area contributed by atoms with Crippen molar-refractivity contribution in [2.45, 2.75) is 0 Å². The van der Waals surface area contributed by atoms with Crippen molar-refractivity contribution in [1.82, 2.24) is 4.48 Å². The maximum absolute atomic E-state index is 10.4. The quantitative estimate of drug-likeness (QED) is 0.661. The molecule has 1 N–H and O–H groups in total. The second kappa shape index (κ2) is 5.70. The van der Waals surface area contributed by atoms with E-state index in [0.29, 0.717) is 27.1 Å². The number of benzene rings is 1. The first kappa shape index (κ1) is 15.9. The molecule has 1 aliphatic heterocycles. The predicted molar refractivity (Wildman–Crippen MR) is 93.8 cm³/mol. The van der Waals surface area contributed by atoms with Crippen molar-refractivity contribution in [2.24, 2.45) is 0 Å². The van der Waals surface area contributed by atoms with Gasteiger partial charge in [0.1, 0.15) is 11.4 Å². The highest BCUT2D eigenvalue weighted by atomic mass is 16.5. The molecule has 0 radical (unpaired) electrons. The fraction of sp³-hybridized carbons (Fsp3) is 0.158. The van der Waals surface area contributed by atoms with Crippen molar-refractivity contribution in [3.05, 3.63) is 78.8 Å². The Kier molecular flexibility index (Phi) is 4.11. The van der Waals surface area contributed by atoms with Gasteiger partial charge in [-0.3, -0.25) is 4.48 Å². The van der Waals surface area contributed by atoms with Gasteiger partial charge < -0.3 is 9.84 Å². The number of quaternary nitrogens is 1. The van der Waals surface area contributed by atoms with Crippen molar-refractivity contribution in [1.29, 1.82) is 0 Å². The van der Waals surface area contributed by atoms with Crippen LogP contribution in [0.1, 0.15) is 5.56 Å². The molecule has 3 heteroatoms. The van der Waals surface area contributed by atoms with Gasteiger partial charge >= 0.3 is 0 Å². The zero-order valence-electron chi connectivity index (χ0n) is 13.4. The van der Waals surface area contributed by atoms with Crippen molar-refractivity contribution in [3.63, 3.8) is 0 Å². The Morgan fingerprint density at radius 1 is 1.23 bits per heavy atom. The summed E-state index contributed by atoms with van der Waals surface area (Å²) >= 11 is 0. The van der Waals surface area contributed by atoms with Crippen molar-refractivity contribution in [3.8, 4) is 5.75 Å². The molecule has 1 aromatic rings. The largest absolute Gasteiger partial charge is 0.504 e. The minimum Gasteiger partial charge on any atom is -0.504 e. The number of nitrogens with zero attached hydrogens (tertiary/aromatic N) is 1. The van der Waals surface area contributed by atoms with Crippen LogP contribution in [0, 0.1) is 0 Å².